The highest BCUT2D eigenvalue weighted by molar-refractivity contribution is 9.10. The molecule has 0 unspecified atom stereocenters. The molecule has 1 aliphatic rings. The maximum atomic E-state index is 13.2. The zero-order chi connectivity index (χ0) is 9.59. The van der Waals surface area contributed by atoms with Crippen molar-refractivity contribution in [1.29, 1.82) is 0 Å². The second-order valence-corrected chi connectivity index (χ2v) is 3.74. The number of anilines is 1. The Morgan fingerprint density at radius 1 is 1.54 bits per heavy atom. The minimum absolute atomic E-state index is 0.0466. The van der Waals surface area contributed by atoms with E-state index in [0.29, 0.717) is 15.7 Å². The van der Waals surface area contributed by atoms with Gasteiger partial charge in [0.2, 0.25) is 5.91 Å². The minimum Gasteiger partial charge on any atom is -0.273 e. The van der Waals surface area contributed by atoms with Gasteiger partial charge in [0.1, 0.15) is 5.82 Å². The number of nitrogens with two attached hydrogens (primary N) is 1. The lowest BCUT2D eigenvalue weighted by atomic mass is 10.1. The summed E-state index contributed by atoms with van der Waals surface area (Å²) in [5, 5.41) is 0.975. The first-order valence-electron chi connectivity index (χ1n) is 3.65. The largest absolute Gasteiger partial charge is 0.273 e. The van der Waals surface area contributed by atoms with Gasteiger partial charge in [0.15, 0.2) is 0 Å². The van der Waals surface area contributed by atoms with E-state index in [4.69, 9.17) is 5.84 Å². The second-order valence-electron chi connectivity index (χ2n) is 2.83. The fourth-order valence-corrected chi connectivity index (χ4v) is 1.77. The molecular weight excluding hydrogens is 239 g/mol. The average molecular weight is 245 g/mol. The van der Waals surface area contributed by atoms with E-state index in [0.717, 1.165) is 5.01 Å². The summed E-state index contributed by atoms with van der Waals surface area (Å²) in [5.41, 5.74) is 0.813. The summed E-state index contributed by atoms with van der Waals surface area (Å²) in [7, 11) is 0. The van der Waals surface area contributed by atoms with Gasteiger partial charge in [-0.05, 0) is 12.1 Å². The first-order chi connectivity index (χ1) is 6.09. The summed E-state index contributed by atoms with van der Waals surface area (Å²) in [6.07, 6.45) is 0.0466. The van der Waals surface area contributed by atoms with Crippen LogP contribution in [0.5, 0.6) is 0 Å². The Kier molecular flexibility index (Phi) is 1.85. The SMILES string of the molecule is NN1C(=O)Cc2c(F)cc(Br)cc21. The summed E-state index contributed by atoms with van der Waals surface area (Å²) < 4.78 is 13.8. The Labute approximate surface area is 82.4 Å². The number of carbonyl (C=O) groups excluding carboxylic acids is 1. The number of benzene rings is 1. The highest BCUT2D eigenvalue weighted by Gasteiger charge is 2.27. The molecule has 0 bridgehead atoms. The zero-order valence-electron chi connectivity index (χ0n) is 6.55. The Morgan fingerprint density at radius 2 is 2.23 bits per heavy atom. The summed E-state index contributed by atoms with van der Waals surface area (Å²) in [6, 6.07) is 2.95. The van der Waals surface area contributed by atoms with Gasteiger partial charge in [0.05, 0.1) is 12.1 Å². The van der Waals surface area contributed by atoms with E-state index in [1.807, 2.05) is 0 Å². The van der Waals surface area contributed by atoms with Crippen LogP contribution in [0.1, 0.15) is 5.56 Å². The minimum atomic E-state index is -0.398. The van der Waals surface area contributed by atoms with Gasteiger partial charge in [-0.1, -0.05) is 15.9 Å². The average Bonchev–Trinajstić information content (AvgIpc) is 2.32. The summed E-state index contributed by atoms with van der Waals surface area (Å²) >= 11 is 3.13. The molecule has 0 spiro atoms. The first kappa shape index (κ1) is 8.65. The smallest absolute Gasteiger partial charge is 0.245 e. The van der Waals surface area contributed by atoms with Crippen LogP contribution in [0.3, 0.4) is 0 Å². The van der Waals surface area contributed by atoms with Crippen LogP contribution >= 0.6 is 15.9 Å². The van der Waals surface area contributed by atoms with Gasteiger partial charge in [0, 0.05) is 10.0 Å². The maximum Gasteiger partial charge on any atom is 0.245 e. The normalized spacial score (nSPS) is 15.0. The number of hydrogen-bond acceptors (Lipinski definition) is 2. The predicted octanol–water partition coefficient (Wildman–Crippen LogP) is 1.35. The molecule has 1 heterocycles. The third-order valence-corrected chi connectivity index (χ3v) is 2.45. The molecule has 0 saturated carbocycles. The van der Waals surface area contributed by atoms with Crippen LogP contribution in [0.2, 0.25) is 0 Å². The van der Waals surface area contributed by atoms with E-state index in [9.17, 15) is 9.18 Å². The molecule has 1 amide bonds. The molecule has 1 aliphatic heterocycles. The molecule has 2 N–H and O–H groups in total. The third-order valence-electron chi connectivity index (χ3n) is 1.99. The van der Waals surface area contributed by atoms with Gasteiger partial charge in [0.25, 0.3) is 0 Å². The Hall–Kier alpha value is -0.940. The molecule has 1 aromatic carbocycles. The van der Waals surface area contributed by atoms with Crippen LogP contribution in [-0.2, 0) is 11.2 Å². The number of fused-ring (bicyclic) bond motifs is 1. The molecule has 5 heteroatoms. The van der Waals surface area contributed by atoms with Crippen LogP contribution < -0.4 is 10.9 Å². The molecule has 0 aliphatic carbocycles. The predicted molar refractivity (Wildman–Crippen MR) is 49.5 cm³/mol. The third kappa shape index (κ3) is 1.24. The van der Waals surface area contributed by atoms with Crippen LogP contribution in [0.25, 0.3) is 0 Å². The number of amides is 1. The van der Waals surface area contributed by atoms with E-state index >= 15 is 0 Å². The number of hydrogen-bond donors (Lipinski definition) is 1. The maximum absolute atomic E-state index is 13.2. The van der Waals surface area contributed by atoms with Gasteiger partial charge in [-0.25, -0.2) is 15.2 Å². The number of rotatable bonds is 0. The second kappa shape index (κ2) is 2.78. The van der Waals surface area contributed by atoms with Crippen molar-refractivity contribution in [2.45, 2.75) is 6.42 Å². The van der Waals surface area contributed by atoms with E-state index in [2.05, 4.69) is 15.9 Å². The summed E-state index contributed by atoms with van der Waals surface area (Å²) in [6.45, 7) is 0. The lowest BCUT2D eigenvalue weighted by Gasteiger charge is -2.09. The molecule has 2 rings (SSSR count). The molecule has 0 aromatic heterocycles. The van der Waals surface area contributed by atoms with Gasteiger partial charge in [-0.15, -0.1) is 0 Å². The summed E-state index contributed by atoms with van der Waals surface area (Å²) in [4.78, 5) is 11.1. The molecule has 0 saturated heterocycles. The first-order valence-corrected chi connectivity index (χ1v) is 4.44. The monoisotopic (exact) mass is 244 g/mol. The number of nitrogens with zero attached hydrogens (tertiary/aromatic N) is 1. The van der Waals surface area contributed by atoms with Gasteiger partial charge in [-0.2, -0.15) is 0 Å². The molecule has 3 nitrogen and oxygen atoms in total. The quantitative estimate of drug-likeness (QED) is 0.554. The summed E-state index contributed by atoms with van der Waals surface area (Å²) in [5.74, 6) is 4.74. The van der Waals surface area contributed by atoms with E-state index < -0.39 is 5.82 Å². The van der Waals surface area contributed by atoms with Crippen molar-refractivity contribution in [3.05, 3.63) is 28.0 Å². The lowest BCUT2D eigenvalue weighted by Crippen LogP contribution is -2.33. The molecule has 0 atom stereocenters. The van der Waals surface area contributed by atoms with Crippen LogP contribution in [0.4, 0.5) is 10.1 Å². The van der Waals surface area contributed by atoms with Gasteiger partial charge >= 0.3 is 0 Å². The Bertz CT molecular complexity index is 394. The van der Waals surface area contributed by atoms with Gasteiger partial charge in [-0.3, -0.25) is 4.79 Å². The van der Waals surface area contributed by atoms with Crippen molar-refractivity contribution >= 4 is 27.5 Å². The number of hydrazine groups is 1. The van der Waals surface area contributed by atoms with E-state index in [1.165, 1.54) is 6.07 Å². The highest BCUT2D eigenvalue weighted by atomic mass is 79.9. The van der Waals surface area contributed by atoms with Gasteiger partial charge < -0.3 is 0 Å². The molecular formula is C8H6BrFN2O. The fourth-order valence-electron chi connectivity index (χ4n) is 1.35. The standard InChI is InChI=1S/C8H6BrFN2O/c9-4-1-6(10)5-3-8(13)12(11)7(5)2-4/h1-2H,3,11H2. The molecule has 13 heavy (non-hydrogen) atoms. The fraction of sp³-hybridized carbons (Fsp3) is 0.125. The van der Waals surface area contributed by atoms with Crippen molar-refractivity contribution in [3.63, 3.8) is 0 Å². The highest BCUT2D eigenvalue weighted by Crippen LogP contribution is 2.31. The number of halogens is 2. The Morgan fingerprint density at radius 3 is 2.92 bits per heavy atom. The topological polar surface area (TPSA) is 46.3 Å². The van der Waals surface area contributed by atoms with Crippen molar-refractivity contribution in [1.82, 2.24) is 0 Å². The van der Waals surface area contributed by atoms with Crippen molar-refractivity contribution < 1.29 is 9.18 Å². The number of carbonyl (C=O) groups is 1. The van der Waals surface area contributed by atoms with Crippen LogP contribution in [-0.4, -0.2) is 5.91 Å². The molecule has 68 valence electrons. The zero-order valence-corrected chi connectivity index (χ0v) is 8.14. The van der Waals surface area contributed by atoms with Crippen molar-refractivity contribution in [3.8, 4) is 0 Å². The van der Waals surface area contributed by atoms with Crippen molar-refractivity contribution in [2.24, 2.45) is 5.84 Å². The molecule has 0 fully saturated rings. The van der Waals surface area contributed by atoms with Crippen LogP contribution in [0, 0.1) is 5.82 Å². The molecule has 0 radical (unpaired) electrons. The van der Waals surface area contributed by atoms with E-state index in [-0.39, 0.29) is 12.3 Å². The molecule has 1 aromatic rings. The lowest BCUT2D eigenvalue weighted by molar-refractivity contribution is -0.117. The van der Waals surface area contributed by atoms with Crippen molar-refractivity contribution in [2.75, 3.05) is 5.01 Å². The Balaban J connectivity index is 2.63. The van der Waals surface area contributed by atoms with E-state index in [1.54, 1.807) is 6.07 Å². The van der Waals surface area contributed by atoms with Crippen LogP contribution in [0.15, 0.2) is 16.6 Å².